The van der Waals surface area contributed by atoms with Crippen LogP contribution >= 0.6 is 15.9 Å². The number of rotatable bonds is 3. The first-order chi connectivity index (χ1) is 14.6. The molecule has 5 aromatic rings. The van der Waals surface area contributed by atoms with Crippen LogP contribution in [-0.2, 0) is 0 Å². The second-order valence-corrected chi connectivity index (χ2v) is 8.79. The first-order valence-electron chi connectivity index (χ1n) is 10.4. The Morgan fingerprint density at radius 2 is 1.33 bits per heavy atom. The molecule has 0 aliphatic rings. The van der Waals surface area contributed by atoms with Gasteiger partial charge in [-0.3, -0.25) is 0 Å². The van der Waals surface area contributed by atoms with E-state index in [1.54, 1.807) is 0 Å². The Morgan fingerprint density at radius 3 is 2.17 bits per heavy atom. The smallest absolute Gasteiger partial charge is 0.0332 e. The van der Waals surface area contributed by atoms with Crippen LogP contribution < -0.4 is 0 Å². The first-order valence-corrected chi connectivity index (χ1v) is 11.2. The van der Waals surface area contributed by atoms with Crippen molar-refractivity contribution >= 4 is 37.5 Å². The maximum atomic E-state index is 3.89. The van der Waals surface area contributed by atoms with Crippen molar-refractivity contribution in [3.05, 3.63) is 118 Å². The molecule has 5 aromatic carbocycles. The highest BCUT2D eigenvalue weighted by Crippen LogP contribution is 2.39. The molecule has 5 rings (SSSR count). The monoisotopic (exact) mass is 450 g/mol. The van der Waals surface area contributed by atoms with Gasteiger partial charge in [0, 0.05) is 10.4 Å². The van der Waals surface area contributed by atoms with Gasteiger partial charge in [0.25, 0.3) is 0 Å². The van der Waals surface area contributed by atoms with Crippen LogP contribution in [0.5, 0.6) is 0 Å². The summed E-state index contributed by atoms with van der Waals surface area (Å²) in [7, 11) is 0. The summed E-state index contributed by atoms with van der Waals surface area (Å²) in [5, 5.41) is 5.10. The van der Waals surface area contributed by atoms with E-state index in [2.05, 4.69) is 127 Å². The van der Waals surface area contributed by atoms with Gasteiger partial charge < -0.3 is 0 Å². The van der Waals surface area contributed by atoms with Crippen molar-refractivity contribution in [2.24, 2.45) is 0 Å². The average Bonchev–Trinajstić information content (AvgIpc) is 2.79. The lowest BCUT2D eigenvalue weighted by Gasteiger charge is -2.19. The Hall–Kier alpha value is -2.90. The molecule has 0 aliphatic carbocycles. The zero-order chi connectivity index (χ0) is 20.7. The van der Waals surface area contributed by atoms with E-state index in [0.717, 1.165) is 0 Å². The fraction of sp³-hybridized carbons (Fsp3) is 0.103. The van der Waals surface area contributed by atoms with Gasteiger partial charge in [-0.15, -0.1) is 0 Å². The maximum absolute atomic E-state index is 3.89. The molecule has 0 saturated carbocycles. The lowest BCUT2D eigenvalue weighted by Crippen LogP contribution is -2.00. The second-order valence-electron chi connectivity index (χ2n) is 8.00. The predicted octanol–water partition coefficient (Wildman–Crippen LogP) is 8.88. The number of fused-ring (bicyclic) bond motifs is 2. The van der Waals surface area contributed by atoms with Gasteiger partial charge >= 0.3 is 0 Å². The van der Waals surface area contributed by atoms with E-state index >= 15 is 0 Å². The van der Waals surface area contributed by atoms with Gasteiger partial charge in [0.1, 0.15) is 0 Å². The second kappa shape index (κ2) is 7.74. The van der Waals surface area contributed by atoms with E-state index in [0.29, 0.717) is 5.92 Å². The molecule has 0 fully saturated rings. The van der Waals surface area contributed by atoms with Crippen LogP contribution in [0.25, 0.3) is 32.7 Å². The van der Waals surface area contributed by atoms with Crippen LogP contribution in [0.1, 0.15) is 29.5 Å². The first kappa shape index (κ1) is 19.1. The Labute approximate surface area is 186 Å². The summed E-state index contributed by atoms with van der Waals surface area (Å²) in [5.74, 6) is 0.328. The molecule has 0 aliphatic heterocycles. The molecule has 0 N–H and O–H groups in total. The minimum absolute atomic E-state index is 0.328. The molecule has 0 bridgehead atoms. The van der Waals surface area contributed by atoms with Crippen molar-refractivity contribution in [2.45, 2.75) is 19.8 Å². The standard InChI is InChI=1S/C29H23Br/c1-19(23-15-14-21-8-3-4-10-24(21)18-23)25-12-7-13-26(20(25)2)28-17-16-22-9-5-6-11-27(22)29(28)30/h3-19H,1-2H3. The number of benzene rings is 5. The summed E-state index contributed by atoms with van der Waals surface area (Å²) in [6.07, 6.45) is 0. The van der Waals surface area contributed by atoms with E-state index in [1.807, 2.05) is 0 Å². The van der Waals surface area contributed by atoms with Gasteiger partial charge in [-0.05, 0) is 72.2 Å². The molecule has 1 unspecified atom stereocenters. The van der Waals surface area contributed by atoms with Crippen molar-refractivity contribution in [1.29, 1.82) is 0 Å². The lowest BCUT2D eigenvalue weighted by atomic mass is 9.85. The van der Waals surface area contributed by atoms with E-state index in [4.69, 9.17) is 0 Å². The van der Waals surface area contributed by atoms with Gasteiger partial charge in [0.15, 0.2) is 0 Å². The Balaban J connectivity index is 1.61. The van der Waals surface area contributed by atoms with E-state index in [1.165, 1.54) is 53.8 Å². The van der Waals surface area contributed by atoms with Gasteiger partial charge in [-0.1, -0.05) is 104 Å². The summed E-state index contributed by atoms with van der Waals surface area (Å²) in [4.78, 5) is 0. The maximum Gasteiger partial charge on any atom is 0.0332 e. The highest BCUT2D eigenvalue weighted by molar-refractivity contribution is 9.10. The van der Waals surface area contributed by atoms with Gasteiger partial charge in [-0.25, -0.2) is 0 Å². The van der Waals surface area contributed by atoms with Crippen LogP contribution in [0, 0.1) is 6.92 Å². The normalized spacial score (nSPS) is 12.4. The predicted molar refractivity (Wildman–Crippen MR) is 133 cm³/mol. The largest absolute Gasteiger partial charge is 0.0616 e. The molecule has 0 amide bonds. The zero-order valence-electron chi connectivity index (χ0n) is 17.2. The van der Waals surface area contributed by atoms with E-state index in [9.17, 15) is 0 Å². The lowest BCUT2D eigenvalue weighted by molar-refractivity contribution is 0.913. The molecule has 0 radical (unpaired) electrons. The summed E-state index contributed by atoms with van der Waals surface area (Å²) in [6.45, 7) is 4.56. The molecular weight excluding hydrogens is 428 g/mol. The number of hydrogen-bond acceptors (Lipinski definition) is 0. The molecule has 1 atom stereocenters. The van der Waals surface area contributed by atoms with Crippen molar-refractivity contribution in [2.75, 3.05) is 0 Å². The number of halogens is 1. The van der Waals surface area contributed by atoms with Gasteiger partial charge in [0.05, 0.1) is 0 Å². The van der Waals surface area contributed by atoms with Crippen molar-refractivity contribution in [3.8, 4) is 11.1 Å². The third-order valence-corrected chi connectivity index (χ3v) is 7.12. The highest BCUT2D eigenvalue weighted by Gasteiger charge is 2.16. The summed E-state index contributed by atoms with van der Waals surface area (Å²) >= 11 is 3.89. The zero-order valence-corrected chi connectivity index (χ0v) is 18.8. The minimum atomic E-state index is 0.328. The Bertz CT molecular complexity index is 1380. The van der Waals surface area contributed by atoms with Crippen molar-refractivity contribution in [3.63, 3.8) is 0 Å². The molecule has 146 valence electrons. The third kappa shape index (κ3) is 3.24. The number of hydrogen-bond donors (Lipinski definition) is 0. The van der Waals surface area contributed by atoms with Crippen LogP contribution in [-0.4, -0.2) is 0 Å². The quantitative estimate of drug-likeness (QED) is 0.257. The molecule has 0 aromatic heterocycles. The van der Waals surface area contributed by atoms with Gasteiger partial charge in [0.2, 0.25) is 0 Å². The molecule has 1 heteroatoms. The Morgan fingerprint density at radius 1 is 0.633 bits per heavy atom. The van der Waals surface area contributed by atoms with E-state index in [-0.39, 0.29) is 0 Å². The van der Waals surface area contributed by atoms with E-state index < -0.39 is 0 Å². The van der Waals surface area contributed by atoms with Gasteiger partial charge in [-0.2, -0.15) is 0 Å². The summed E-state index contributed by atoms with van der Waals surface area (Å²) < 4.78 is 1.17. The van der Waals surface area contributed by atoms with Crippen LogP contribution in [0.2, 0.25) is 0 Å². The molecule has 0 spiro atoms. The van der Waals surface area contributed by atoms with Crippen molar-refractivity contribution < 1.29 is 0 Å². The molecule has 0 nitrogen and oxygen atoms in total. The minimum Gasteiger partial charge on any atom is -0.0616 e. The topological polar surface area (TPSA) is 0 Å². The molecule has 30 heavy (non-hydrogen) atoms. The summed E-state index contributed by atoms with van der Waals surface area (Å²) in [6, 6.07) is 35.1. The fourth-order valence-electron chi connectivity index (χ4n) is 4.51. The fourth-order valence-corrected chi connectivity index (χ4v) is 5.22. The van der Waals surface area contributed by atoms with Crippen LogP contribution in [0.4, 0.5) is 0 Å². The summed E-state index contributed by atoms with van der Waals surface area (Å²) in [5.41, 5.74) is 6.61. The molecular formula is C29H23Br. The molecule has 0 saturated heterocycles. The van der Waals surface area contributed by atoms with Crippen LogP contribution in [0.15, 0.2) is 102 Å². The highest BCUT2D eigenvalue weighted by atomic mass is 79.9. The molecule has 0 heterocycles. The Kier molecular flexibility index (Phi) is 4.92. The third-order valence-electron chi connectivity index (χ3n) is 6.27. The van der Waals surface area contributed by atoms with Crippen LogP contribution in [0.3, 0.4) is 0 Å². The SMILES string of the molecule is Cc1c(-c2ccc3ccccc3c2Br)cccc1C(C)c1ccc2ccccc2c1. The average molecular weight is 451 g/mol. The van der Waals surface area contributed by atoms with Crippen molar-refractivity contribution in [1.82, 2.24) is 0 Å².